The lowest BCUT2D eigenvalue weighted by Crippen LogP contribution is -2.44. The third kappa shape index (κ3) is 2.84. The number of nitrogens with zero attached hydrogens (tertiary/aromatic N) is 4. The van der Waals surface area contributed by atoms with Crippen molar-refractivity contribution in [3.8, 4) is 0 Å². The highest BCUT2D eigenvalue weighted by Gasteiger charge is 2.42. The van der Waals surface area contributed by atoms with E-state index in [0.717, 1.165) is 12.8 Å². The summed E-state index contributed by atoms with van der Waals surface area (Å²) in [6.07, 6.45) is 1.64. The molecule has 4 rings (SSSR count). The minimum absolute atomic E-state index is 0.0121. The number of amides is 1. The van der Waals surface area contributed by atoms with Gasteiger partial charge in [0.15, 0.2) is 0 Å². The second-order valence-corrected chi connectivity index (χ2v) is 7.42. The molecule has 8 heteroatoms. The molecule has 2 aromatic heterocycles. The highest BCUT2D eigenvalue weighted by atomic mass is 32.1. The molecular formula is C16H20N4O3S. The number of fused-ring (bicyclic) bond motifs is 1. The van der Waals surface area contributed by atoms with Crippen LogP contribution in [0.4, 0.5) is 0 Å². The van der Waals surface area contributed by atoms with Crippen molar-refractivity contribution in [1.82, 2.24) is 20.1 Å². The molecule has 3 atom stereocenters. The van der Waals surface area contributed by atoms with Crippen LogP contribution in [-0.2, 0) is 4.74 Å². The Hall–Kier alpha value is -1.80. The van der Waals surface area contributed by atoms with Gasteiger partial charge in [0.05, 0.1) is 11.6 Å². The molecule has 0 unspecified atom stereocenters. The lowest BCUT2D eigenvalue weighted by Gasteiger charge is -2.33. The van der Waals surface area contributed by atoms with Crippen LogP contribution in [-0.4, -0.2) is 45.2 Å². The topological polar surface area (TPSA) is 81.4 Å². The smallest absolute Gasteiger partial charge is 0.273 e. The fourth-order valence-corrected chi connectivity index (χ4v) is 3.92. The standard InChI is InChI=1S/C16H20N4O3S/c1-9(2)14-18-19-15(23-14)13-5-10-6-20(4-3-12(10)22-13)16(21)11-7-24-8-17-11/h7-10,12-13H,3-6H2,1-2H3/t10-,12+,13+/m1/s1. The van der Waals surface area contributed by atoms with Crippen LogP contribution in [0.3, 0.4) is 0 Å². The molecule has 2 aliphatic heterocycles. The fourth-order valence-electron chi connectivity index (χ4n) is 3.39. The van der Waals surface area contributed by atoms with E-state index in [2.05, 4.69) is 15.2 Å². The van der Waals surface area contributed by atoms with E-state index in [1.54, 1.807) is 10.9 Å². The van der Waals surface area contributed by atoms with Crippen LogP contribution in [0.5, 0.6) is 0 Å². The summed E-state index contributed by atoms with van der Waals surface area (Å²) in [5.41, 5.74) is 2.23. The minimum Gasteiger partial charge on any atom is -0.422 e. The van der Waals surface area contributed by atoms with E-state index in [0.29, 0.717) is 36.5 Å². The maximum atomic E-state index is 12.5. The molecule has 2 aromatic rings. The number of likely N-dealkylation sites (tertiary alicyclic amines) is 1. The minimum atomic E-state index is -0.158. The first-order valence-electron chi connectivity index (χ1n) is 8.28. The number of piperidine rings is 1. The summed E-state index contributed by atoms with van der Waals surface area (Å²) in [6.45, 7) is 5.44. The number of rotatable bonds is 3. The Bertz CT molecular complexity index is 715. The van der Waals surface area contributed by atoms with Gasteiger partial charge in [0, 0.05) is 30.3 Å². The highest BCUT2D eigenvalue weighted by molar-refractivity contribution is 7.07. The summed E-state index contributed by atoms with van der Waals surface area (Å²) in [7, 11) is 0. The lowest BCUT2D eigenvalue weighted by atomic mass is 9.92. The first-order valence-corrected chi connectivity index (χ1v) is 9.22. The number of ether oxygens (including phenoxy) is 1. The SMILES string of the molecule is CC(C)c1nnc([C@@H]2C[C@@H]3CN(C(=O)c4cscn4)CC[C@@H]3O2)o1. The zero-order valence-electron chi connectivity index (χ0n) is 13.7. The molecular weight excluding hydrogens is 328 g/mol. The van der Waals surface area contributed by atoms with E-state index in [9.17, 15) is 4.79 Å². The van der Waals surface area contributed by atoms with E-state index in [4.69, 9.17) is 9.15 Å². The van der Waals surface area contributed by atoms with Crippen molar-refractivity contribution < 1.29 is 13.9 Å². The molecule has 2 fully saturated rings. The zero-order chi connectivity index (χ0) is 16.7. The van der Waals surface area contributed by atoms with Crippen LogP contribution in [0.15, 0.2) is 15.3 Å². The summed E-state index contributed by atoms with van der Waals surface area (Å²) in [5, 5.41) is 10.0. The summed E-state index contributed by atoms with van der Waals surface area (Å²) < 4.78 is 11.8. The van der Waals surface area contributed by atoms with E-state index in [1.165, 1.54) is 11.3 Å². The van der Waals surface area contributed by atoms with E-state index in [-0.39, 0.29) is 24.0 Å². The molecule has 0 bridgehead atoms. The predicted molar refractivity (Wildman–Crippen MR) is 86.7 cm³/mol. The highest BCUT2D eigenvalue weighted by Crippen LogP contribution is 2.40. The second kappa shape index (κ2) is 6.25. The normalized spacial score (nSPS) is 26.8. The van der Waals surface area contributed by atoms with Crippen LogP contribution in [0.2, 0.25) is 0 Å². The van der Waals surface area contributed by atoms with Gasteiger partial charge in [0.1, 0.15) is 11.8 Å². The van der Waals surface area contributed by atoms with E-state index >= 15 is 0 Å². The van der Waals surface area contributed by atoms with Crippen LogP contribution >= 0.6 is 11.3 Å². The number of carbonyl (C=O) groups is 1. The van der Waals surface area contributed by atoms with Gasteiger partial charge < -0.3 is 14.1 Å². The molecule has 0 saturated carbocycles. The van der Waals surface area contributed by atoms with Crippen molar-refractivity contribution in [2.45, 2.75) is 44.8 Å². The Kier molecular flexibility index (Phi) is 4.09. The monoisotopic (exact) mass is 348 g/mol. The molecule has 0 N–H and O–H groups in total. The molecule has 2 aliphatic rings. The molecule has 128 valence electrons. The molecule has 1 amide bonds. The summed E-state index contributed by atoms with van der Waals surface area (Å²) in [4.78, 5) is 18.5. The van der Waals surface area contributed by atoms with Gasteiger partial charge in [0.25, 0.3) is 5.91 Å². The Morgan fingerprint density at radius 2 is 2.29 bits per heavy atom. The Morgan fingerprint density at radius 1 is 1.42 bits per heavy atom. The van der Waals surface area contributed by atoms with Crippen LogP contribution in [0, 0.1) is 5.92 Å². The Balaban J connectivity index is 1.43. The van der Waals surface area contributed by atoms with E-state index in [1.807, 2.05) is 18.7 Å². The van der Waals surface area contributed by atoms with Gasteiger partial charge in [-0.1, -0.05) is 13.8 Å². The molecule has 7 nitrogen and oxygen atoms in total. The van der Waals surface area contributed by atoms with Crippen molar-refractivity contribution in [2.24, 2.45) is 5.92 Å². The van der Waals surface area contributed by atoms with Crippen molar-refractivity contribution in [3.05, 3.63) is 28.4 Å². The largest absolute Gasteiger partial charge is 0.422 e. The second-order valence-electron chi connectivity index (χ2n) is 6.71. The predicted octanol–water partition coefficient (Wildman–Crippen LogP) is 2.64. The number of carbonyl (C=O) groups excluding carboxylic acids is 1. The summed E-state index contributed by atoms with van der Waals surface area (Å²) in [6, 6.07) is 0. The average molecular weight is 348 g/mol. The van der Waals surface area contributed by atoms with Crippen LogP contribution < -0.4 is 0 Å². The number of aromatic nitrogens is 3. The third-order valence-corrected chi connectivity index (χ3v) is 5.27. The van der Waals surface area contributed by atoms with Gasteiger partial charge in [0.2, 0.25) is 11.8 Å². The van der Waals surface area contributed by atoms with Gasteiger partial charge in [-0.2, -0.15) is 0 Å². The Labute approximate surface area is 144 Å². The van der Waals surface area contributed by atoms with Gasteiger partial charge in [-0.3, -0.25) is 4.79 Å². The van der Waals surface area contributed by atoms with Crippen LogP contribution in [0.1, 0.15) is 61.0 Å². The molecule has 24 heavy (non-hydrogen) atoms. The van der Waals surface area contributed by atoms with Crippen molar-refractivity contribution >= 4 is 17.2 Å². The molecule has 0 aromatic carbocycles. The van der Waals surface area contributed by atoms with Crippen molar-refractivity contribution in [2.75, 3.05) is 13.1 Å². The van der Waals surface area contributed by atoms with Gasteiger partial charge in [-0.05, 0) is 12.8 Å². The quantitative estimate of drug-likeness (QED) is 0.848. The molecule has 2 saturated heterocycles. The zero-order valence-corrected chi connectivity index (χ0v) is 14.5. The Morgan fingerprint density at radius 3 is 3.00 bits per heavy atom. The first-order chi connectivity index (χ1) is 11.6. The molecule has 4 heterocycles. The summed E-state index contributed by atoms with van der Waals surface area (Å²) >= 11 is 1.44. The van der Waals surface area contributed by atoms with Crippen LogP contribution in [0.25, 0.3) is 0 Å². The lowest BCUT2D eigenvalue weighted by molar-refractivity contribution is -0.00655. The number of thiazole rings is 1. The van der Waals surface area contributed by atoms with Gasteiger partial charge >= 0.3 is 0 Å². The maximum Gasteiger partial charge on any atom is 0.273 e. The first kappa shape index (κ1) is 15.7. The van der Waals surface area contributed by atoms with E-state index < -0.39 is 0 Å². The van der Waals surface area contributed by atoms with Crippen molar-refractivity contribution in [3.63, 3.8) is 0 Å². The molecule has 0 aliphatic carbocycles. The third-order valence-electron chi connectivity index (χ3n) is 4.68. The number of hydrogen-bond donors (Lipinski definition) is 0. The maximum absolute atomic E-state index is 12.5. The molecule has 0 spiro atoms. The van der Waals surface area contributed by atoms with Gasteiger partial charge in [-0.15, -0.1) is 21.5 Å². The fraction of sp³-hybridized carbons (Fsp3) is 0.625. The summed E-state index contributed by atoms with van der Waals surface area (Å²) in [5.74, 6) is 1.73. The van der Waals surface area contributed by atoms with Crippen molar-refractivity contribution in [1.29, 1.82) is 0 Å². The van der Waals surface area contributed by atoms with Gasteiger partial charge in [-0.25, -0.2) is 4.98 Å². The number of hydrogen-bond acceptors (Lipinski definition) is 7. The average Bonchev–Trinajstić information content (AvgIpc) is 3.32. The molecule has 0 radical (unpaired) electrons.